The number of amides is 1. The average Bonchev–Trinajstić information content (AvgIpc) is 3.07. The summed E-state index contributed by atoms with van der Waals surface area (Å²) < 4.78 is 5.38. The van der Waals surface area contributed by atoms with Crippen LogP contribution in [0.25, 0.3) is 0 Å². The molecule has 1 fully saturated rings. The Labute approximate surface area is 177 Å². The number of nitrogens with zero attached hydrogens (tertiary/aromatic N) is 1. The second-order valence-corrected chi connectivity index (χ2v) is 7.99. The molecule has 1 aromatic rings. The van der Waals surface area contributed by atoms with E-state index in [2.05, 4.69) is 27.9 Å². The van der Waals surface area contributed by atoms with Crippen LogP contribution in [0.15, 0.2) is 29.3 Å². The molecule has 0 bridgehead atoms. The molecule has 1 saturated heterocycles. The molecule has 1 aromatic carbocycles. The number of hydrogen-bond donors (Lipinski definition) is 3. The highest BCUT2D eigenvalue weighted by atomic mass is 127. The topological polar surface area (TPSA) is 74.8 Å². The van der Waals surface area contributed by atoms with Gasteiger partial charge in [0.15, 0.2) is 5.96 Å². The van der Waals surface area contributed by atoms with Crippen LogP contribution in [0.5, 0.6) is 5.75 Å². The van der Waals surface area contributed by atoms with Crippen LogP contribution in [0.2, 0.25) is 0 Å². The molecule has 0 aliphatic carbocycles. The lowest BCUT2D eigenvalue weighted by Crippen LogP contribution is -2.46. The third-order valence-electron chi connectivity index (χ3n) is 4.22. The molecule has 26 heavy (non-hydrogen) atoms. The first kappa shape index (κ1) is 22.9. The Kier molecular flexibility index (Phi) is 10.1. The van der Waals surface area contributed by atoms with E-state index in [4.69, 9.17) is 4.74 Å². The van der Waals surface area contributed by atoms with Gasteiger partial charge in [0, 0.05) is 24.9 Å². The Balaban J connectivity index is 0.00000338. The summed E-state index contributed by atoms with van der Waals surface area (Å²) in [6.07, 6.45) is 2.48. The second kappa shape index (κ2) is 11.5. The van der Waals surface area contributed by atoms with Gasteiger partial charge >= 0.3 is 0 Å². The van der Waals surface area contributed by atoms with E-state index in [1.807, 2.05) is 36.0 Å². The molecule has 0 saturated carbocycles. The molecule has 1 heterocycles. The molecule has 146 valence electrons. The molecule has 1 atom stereocenters. The Morgan fingerprint density at radius 2 is 2.00 bits per heavy atom. The zero-order valence-electron chi connectivity index (χ0n) is 15.6. The number of halogens is 1. The van der Waals surface area contributed by atoms with E-state index < -0.39 is 0 Å². The predicted molar refractivity (Wildman–Crippen MR) is 120 cm³/mol. The molecule has 0 radical (unpaired) electrons. The van der Waals surface area contributed by atoms with Gasteiger partial charge in [0.25, 0.3) is 0 Å². The molecule has 1 aliphatic rings. The number of thioether (sulfide) groups is 1. The van der Waals surface area contributed by atoms with Gasteiger partial charge in [-0.05, 0) is 43.2 Å². The molecule has 0 aromatic heterocycles. The maximum atomic E-state index is 12.0. The highest BCUT2D eigenvalue weighted by Crippen LogP contribution is 2.36. The molecule has 1 amide bonds. The minimum Gasteiger partial charge on any atom is -0.497 e. The van der Waals surface area contributed by atoms with Crippen LogP contribution in [0, 0.1) is 0 Å². The fourth-order valence-corrected chi connectivity index (χ4v) is 3.88. The summed E-state index contributed by atoms with van der Waals surface area (Å²) in [5, 5.41) is 9.27. The fraction of sp³-hybridized carbons (Fsp3) is 0.556. The van der Waals surface area contributed by atoms with Crippen molar-refractivity contribution in [2.75, 3.05) is 33.0 Å². The third kappa shape index (κ3) is 7.61. The van der Waals surface area contributed by atoms with Gasteiger partial charge < -0.3 is 20.7 Å². The third-order valence-corrected chi connectivity index (χ3v) is 5.76. The van der Waals surface area contributed by atoms with Crippen molar-refractivity contribution in [2.45, 2.75) is 31.1 Å². The number of guanidine groups is 1. The number of hydrogen-bond acceptors (Lipinski definition) is 4. The molecular formula is C18H29IN4O2S. The summed E-state index contributed by atoms with van der Waals surface area (Å²) >= 11 is 2.00. The molecule has 0 spiro atoms. The summed E-state index contributed by atoms with van der Waals surface area (Å²) in [5.74, 6) is 2.62. The van der Waals surface area contributed by atoms with Crippen LogP contribution in [0.3, 0.4) is 0 Å². The average molecular weight is 492 g/mol. The van der Waals surface area contributed by atoms with E-state index in [9.17, 15) is 4.79 Å². The van der Waals surface area contributed by atoms with Gasteiger partial charge in [0.2, 0.25) is 5.91 Å². The Hall–Kier alpha value is -1.16. The van der Waals surface area contributed by atoms with Crippen molar-refractivity contribution in [1.82, 2.24) is 16.0 Å². The van der Waals surface area contributed by atoms with Crippen LogP contribution in [-0.2, 0) is 11.3 Å². The van der Waals surface area contributed by atoms with Crippen LogP contribution < -0.4 is 20.7 Å². The van der Waals surface area contributed by atoms with Crippen LogP contribution in [0.4, 0.5) is 0 Å². The van der Waals surface area contributed by atoms with Crippen LogP contribution in [0.1, 0.15) is 25.3 Å². The highest BCUT2D eigenvalue weighted by Gasteiger charge is 2.29. The number of methoxy groups -OCH3 is 1. The Bertz CT molecular complexity index is 589. The SMILES string of the molecule is CN=C(NCC(=O)NCc1ccc(OC)cc1)NCC1(C)CCCS1.I. The summed E-state index contributed by atoms with van der Waals surface area (Å²) in [4.78, 5) is 16.2. The van der Waals surface area contributed by atoms with Crippen molar-refractivity contribution >= 4 is 47.6 Å². The van der Waals surface area contributed by atoms with Crippen LogP contribution in [-0.4, -0.2) is 49.6 Å². The fourth-order valence-electron chi connectivity index (χ4n) is 2.64. The van der Waals surface area contributed by atoms with E-state index in [1.165, 1.54) is 18.6 Å². The number of aliphatic imine (C=N–C) groups is 1. The second-order valence-electron chi connectivity index (χ2n) is 6.31. The Morgan fingerprint density at radius 1 is 1.27 bits per heavy atom. The quantitative estimate of drug-likeness (QED) is 0.310. The molecule has 2 rings (SSSR count). The molecule has 1 unspecified atom stereocenters. The number of rotatable bonds is 7. The van der Waals surface area contributed by atoms with Crippen LogP contribution >= 0.6 is 35.7 Å². The monoisotopic (exact) mass is 492 g/mol. The van der Waals surface area contributed by atoms with E-state index in [0.29, 0.717) is 12.5 Å². The summed E-state index contributed by atoms with van der Waals surface area (Å²) in [7, 11) is 3.35. The van der Waals surface area contributed by atoms with Gasteiger partial charge in [-0.2, -0.15) is 11.8 Å². The predicted octanol–water partition coefficient (Wildman–Crippen LogP) is 2.38. The van der Waals surface area contributed by atoms with Crippen molar-refractivity contribution in [2.24, 2.45) is 4.99 Å². The van der Waals surface area contributed by atoms with Crippen molar-refractivity contribution < 1.29 is 9.53 Å². The van der Waals surface area contributed by atoms with Crippen molar-refractivity contribution in [1.29, 1.82) is 0 Å². The first-order chi connectivity index (χ1) is 12.0. The number of nitrogens with one attached hydrogen (secondary N) is 3. The molecule has 6 nitrogen and oxygen atoms in total. The number of carbonyl (C=O) groups excluding carboxylic acids is 1. The number of benzene rings is 1. The molecule has 8 heteroatoms. The van der Waals surface area contributed by atoms with Gasteiger partial charge in [-0.15, -0.1) is 24.0 Å². The first-order valence-electron chi connectivity index (χ1n) is 8.53. The maximum absolute atomic E-state index is 12.0. The smallest absolute Gasteiger partial charge is 0.239 e. The Morgan fingerprint density at radius 3 is 2.58 bits per heavy atom. The van der Waals surface area contributed by atoms with Gasteiger partial charge in [-0.3, -0.25) is 9.79 Å². The lowest BCUT2D eigenvalue weighted by molar-refractivity contribution is -0.120. The van der Waals surface area contributed by atoms with Gasteiger partial charge in [-0.1, -0.05) is 12.1 Å². The van der Waals surface area contributed by atoms with E-state index in [0.717, 1.165) is 17.9 Å². The number of ether oxygens (including phenoxy) is 1. The lowest BCUT2D eigenvalue weighted by atomic mass is 10.1. The largest absolute Gasteiger partial charge is 0.497 e. The standard InChI is InChI=1S/C18H28N4O2S.HI/c1-18(9-4-10-25-18)13-22-17(19-2)21-12-16(23)20-11-14-5-7-15(24-3)8-6-14;/h5-8H,4,9-13H2,1-3H3,(H,20,23)(H2,19,21,22);1H. The molecular weight excluding hydrogens is 463 g/mol. The summed E-state index contributed by atoms with van der Waals surface area (Å²) in [6.45, 7) is 3.81. The van der Waals surface area contributed by atoms with Gasteiger partial charge in [0.05, 0.1) is 13.7 Å². The van der Waals surface area contributed by atoms with E-state index in [-0.39, 0.29) is 41.2 Å². The van der Waals surface area contributed by atoms with Gasteiger partial charge in [-0.25, -0.2) is 0 Å². The van der Waals surface area contributed by atoms with Gasteiger partial charge in [0.1, 0.15) is 5.75 Å². The molecule has 3 N–H and O–H groups in total. The zero-order valence-corrected chi connectivity index (χ0v) is 18.8. The number of carbonyl (C=O) groups is 1. The van der Waals surface area contributed by atoms with E-state index >= 15 is 0 Å². The lowest BCUT2D eigenvalue weighted by Gasteiger charge is -2.24. The van der Waals surface area contributed by atoms with Crippen molar-refractivity contribution in [3.8, 4) is 5.75 Å². The van der Waals surface area contributed by atoms with Crippen molar-refractivity contribution in [3.05, 3.63) is 29.8 Å². The minimum atomic E-state index is -0.0692. The van der Waals surface area contributed by atoms with E-state index in [1.54, 1.807) is 14.2 Å². The first-order valence-corrected chi connectivity index (χ1v) is 9.51. The maximum Gasteiger partial charge on any atom is 0.239 e. The highest BCUT2D eigenvalue weighted by molar-refractivity contribution is 14.0. The van der Waals surface area contributed by atoms with Crippen molar-refractivity contribution in [3.63, 3.8) is 0 Å². The summed E-state index contributed by atoms with van der Waals surface area (Å²) in [5.41, 5.74) is 1.03. The molecule has 1 aliphatic heterocycles. The minimum absolute atomic E-state index is 0. The summed E-state index contributed by atoms with van der Waals surface area (Å²) in [6, 6.07) is 7.64. The zero-order chi connectivity index (χ0) is 18.1. The normalized spacial score (nSPS) is 19.4.